The second-order valence-corrected chi connectivity index (χ2v) is 19.4. The van der Waals surface area contributed by atoms with E-state index in [9.17, 15) is 0 Å². The molecule has 0 radical (unpaired) electrons. The summed E-state index contributed by atoms with van der Waals surface area (Å²) < 4.78 is 15.8. The van der Waals surface area contributed by atoms with Crippen molar-refractivity contribution in [1.82, 2.24) is 9.55 Å². The van der Waals surface area contributed by atoms with Gasteiger partial charge in [-0.3, -0.25) is 4.57 Å². The molecule has 0 bridgehead atoms. The Bertz CT molecular complexity index is 2890. The van der Waals surface area contributed by atoms with Gasteiger partial charge in [-0.15, -0.1) is 0 Å². The Morgan fingerprint density at radius 1 is 0.500 bits per heavy atom. The summed E-state index contributed by atoms with van der Waals surface area (Å²) in [7, 11) is 0. The van der Waals surface area contributed by atoms with Crippen LogP contribution < -0.4 is 19.3 Å². The first-order valence-electron chi connectivity index (χ1n) is 22.0. The zero-order chi connectivity index (χ0) is 43.5. The summed E-state index contributed by atoms with van der Waals surface area (Å²) in [6, 6.07) is 49.6. The number of rotatable bonds is 9. The smallest absolute Gasteiger partial charge is 0.141 e. The quantitative estimate of drug-likeness (QED) is 0.145. The summed E-state index contributed by atoms with van der Waals surface area (Å²) in [5.74, 6) is 4.61. The van der Waals surface area contributed by atoms with E-state index in [-0.39, 0.29) is 10.8 Å². The van der Waals surface area contributed by atoms with Crippen molar-refractivity contribution < 1.29 is 9.47 Å². The minimum atomic E-state index is 0.0186. The number of hydrogen-bond donors (Lipinski definition) is 0. The summed E-state index contributed by atoms with van der Waals surface area (Å²) in [5, 5.41) is 2.28. The van der Waals surface area contributed by atoms with Gasteiger partial charge >= 0.3 is 0 Å². The molecule has 314 valence electrons. The van der Waals surface area contributed by atoms with Crippen LogP contribution in [0.5, 0.6) is 23.0 Å². The van der Waals surface area contributed by atoms with Crippen LogP contribution in [0.2, 0.25) is 0 Å². The second kappa shape index (κ2) is 15.7. The molecule has 0 N–H and O–H groups in total. The van der Waals surface area contributed by atoms with E-state index in [4.69, 9.17) is 14.5 Å². The molecule has 1 aliphatic rings. The maximum absolute atomic E-state index is 6.79. The van der Waals surface area contributed by atoms with Gasteiger partial charge in [0, 0.05) is 46.5 Å². The minimum Gasteiger partial charge on any atom is -0.457 e. The van der Waals surface area contributed by atoms with Crippen LogP contribution in [0.4, 0.5) is 22.7 Å². The average Bonchev–Trinajstić information content (AvgIpc) is 3.79. The number of pyridine rings is 1. The van der Waals surface area contributed by atoms with Crippen LogP contribution in [0, 0.1) is 0 Å². The molecule has 3 heterocycles. The molecule has 0 unspecified atom stereocenters. The Labute approximate surface area is 367 Å². The van der Waals surface area contributed by atoms with Gasteiger partial charge < -0.3 is 19.3 Å². The van der Waals surface area contributed by atoms with Crippen molar-refractivity contribution in [3.8, 4) is 28.8 Å². The van der Waals surface area contributed by atoms with Crippen LogP contribution in [0.1, 0.15) is 103 Å². The summed E-state index contributed by atoms with van der Waals surface area (Å²) in [5.41, 5.74) is 11.8. The van der Waals surface area contributed by atoms with E-state index < -0.39 is 0 Å². The molecule has 0 atom stereocenters. The Morgan fingerprint density at radius 2 is 1.08 bits per heavy atom. The van der Waals surface area contributed by atoms with Crippen molar-refractivity contribution in [2.24, 2.45) is 0 Å². The molecule has 6 heteroatoms. The van der Waals surface area contributed by atoms with Crippen LogP contribution in [0.3, 0.4) is 0 Å². The molecule has 0 amide bonds. The second-order valence-electron chi connectivity index (χ2n) is 19.4. The van der Waals surface area contributed by atoms with E-state index in [0.29, 0.717) is 18.5 Å². The SMILES string of the molecule is CC(C)c1cccc(C(C)C)c1Oc1ccnc(-n2c3ccccc3c3ccc(Oc4cccc(N5CN(c6cc(C(C)(C)C)cc(C(C)(C)C)c6)c6ccccc65)c4)cc32)c1. The molecule has 1 aliphatic heterocycles. The van der Waals surface area contributed by atoms with Gasteiger partial charge in [-0.2, -0.15) is 0 Å². The van der Waals surface area contributed by atoms with Crippen molar-refractivity contribution in [3.63, 3.8) is 0 Å². The molecule has 0 saturated carbocycles. The number of ether oxygens (including phenoxy) is 2. The van der Waals surface area contributed by atoms with E-state index in [1.807, 2.05) is 24.4 Å². The number of hydrogen-bond acceptors (Lipinski definition) is 5. The first-order valence-corrected chi connectivity index (χ1v) is 22.0. The van der Waals surface area contributed by atoms with Gasteiger partial charge in [0.1, 0.15) is 35.5 Å². The summed E-state index contributed by atoms with van der Waals surface area (Å²) >= 11 is 0. The van der Waals surface area contributed by atoms with Crippen LogP contribution in [0.15, 0.2) is 146 Å². The van der Waals surface area contributed by atoms with Crippen LogP contribution in [-0.2, 0) is 10.8 Å². The van der Waals surface area contributed by atoms with Gasteiger partial charge in [-0.05, 0) is 106 Å². The highest BCUT2D eigenvalue weighted by Gasteiger charge is 2.30. The maximum atomic E-state index is 6.79. The van der Waals surface area contributed by atoms with Gasteiger partial charge in [-0.1, -0.05) is 130 Å². The van der Waals surface area contributed by atoms with E-state index in [1.54, 1.807) is 0 Å². The normalized spacial score (nSPS) is 13.2. The number of aromatic nitrogens is 2. The monoisotopic (exact) mass is 818 g/mol. The van der Waals surface area contributed by atoms with Gasteiger partial charge in [0.25, 0.3) is 0 Å². The highest BCUT2D eigenvalue weighted by molar-refractivity contribution is 6.09. The molecular formula is C56H58N4O2. The molecule has 6 aromatic carbocycles. The first-order chi connectivity index (χ1) is 29.6. The fourth-order valence-electron chi connectivity index (χ4n) is 8.70. The Morgan fingerprint density at radius 3 is 1.74 bits per heavy atom. The van der Waals surface area contributed by atoms with Crippen molar-refractivity contribution in [2.45, 2.75) is 91.9 Å². The van der Waals surface area contributed by atoms with Gasteiger partial charge in [0.15, 0.2) is 0 Å². The van der Waals surface area contributed by atoms with Gasteiger partial charge in [0.2, 0.25) is 0 Å². The van der Waals surface area contributed by atoms with Crippen LogP contribution in [-0.4, -0.2) is 16.2 Å². The number of para-hydroxylation sites is 4. The molecule has 0 fully saturated rings. The lowest BCUT2D eigenvalue weighted by Crippen LogP contribution is -2.25. The predicted molar refractivity (Wildman–Crippen MR) is 259 cm³/mol. The molecule has 9 rings (SSSR count). The van der Waals surface area contributed by atoms with E-state index in [0.717, 1.165) is 56.3 Å². The lowest BCUT2D eigenvalue weighted by Gasteiger charge is -2.29. The number of anilines is 4. The van der Waals surface area contributed by atoms with Gasteiger partial charge in [0.05, 0.1) is 22.4 Å². The molecule has 6 nitrogen and oxygen atoms in total. The number of fused-ring (bicyclic) bond motifs is 4. The minimum absolute atomic E-state index is 0.0186. The number of benzene rings is 6. The number of nitrogens with zero attached hydrogens (tertiary/aromatic N) is 4. The van der Waals surface area contributed by atoms with Crippen molar-refractivity contribution in [2.75, 3.05) is 16.5 Å². The van der Waals surface area contributed by atoms with Crippen LogP contribution in [0.25, 0.3) is 27.6 Å². The largest absolute Gasteiger partial charge is 0.457 e. The summed E-state index contributed by atoms with van der Waals surface area (Å²) in [4.78, 5) is 9.75. The van der Waals surface area contributed by atoms with Gasteiger partial charge in [-0.25, -0.2) is 4.98 Å². The lowest BCUT2D eigenvalue weighted by atomic mass is 9.80. The molecule has 62 heavy (non-hydrogen) atoms. The highest BCUT2D eigenvalue weighted by atomic mass is 16.5. The van der Waals surface area contributed by atoms with E-state index in [1.165, 1.54) is 39.3 Å². The molecule has 0 spiro atoms. The highest BCUT2D eigenvalue weighted by Crippen LogP contribution is 2.47. The van der Waals surface area contributed by atoms with E-state index in [2.05, 4.69) is 205 Å². The third-order valence-electron chi connectivity index (χ3n) is 12.2. The average molecular weight is 819 g/mol. The van der Waals surface area contributed by atoms with Crippen molar-refractivity contribution in [1.29, 1.82) is 0 Å². The van der Waals surface area contributed by atoms with Crippen molar-refractivity contribution in [3.05, 3.63) is 168 Å². The standard InChI is InChI=1S/C56H58N4O2/c1-36(2)45-20-16-21-46(37(3)4)54(45)62-44-27-28-57-53(34-44)60-49-22-12-11-19-47(49)48-26-25-43(33-52(48)60)61-42-18-15-17-40(32-42)58-35-59(51-24-14-13-23-50(51)58)41-30-38(55(5,6)7)29-39(31-41)56(8,9)10/h11-34,36-37H,35H2,1-10H3. The topological polar surface area (TPSA) is 42.8 Å². The molecule has 0 saturated heterocycles. The molecular weight excluding hydrogens is 761 g/mol. The summed E-state index contributed by atoms with van der Waals surface area (Å²) in [6.07, 6.45) is 1.84. The third kappa shape index (κ3) is 7.68. The fourth-order valence-corrected chi connectivity index (χ4v) is 8.70. The third-order valence-corrected chi connectivity index (χ3v) is 12.2. The molecule has 8 aromatic rings. The zero-order valence-corrected chi connectivity index (χ0v) is 37.8. The fraction of sp³-hybridized carbons (Fsp3) is 0.268. The maximum Gasteiger partial charge on any atom is 0.141 e. The Balaban J connectivity index is 1.06. The predicted octanol–water partition coefficient (Wildman–Crippen LogP) is 15.9. The van der Waals surface area contributed by atoms with Crippen LogP contribution >= 0.6 is 0 Å². The Kier molecular flexibility index (Phi) is 10.4. The molecule has 0 aliphatic carbocycles. The Hall–Kier alpha value is -6.53. The van der Waals surface area contributed by atoms with Crippen molar-refractivity contribution >= 4 is 44.6 Å². The lowest BCUT2D eigenvalue weighted by molar-refractivity contribution is 0.462. The zero-order valence-electron chi connectivity index (χ0n) is 37.8. The van der Waals surface area contributed by atoms with E-state index >= 15 is 0 Å². The first kappa shape index (κ1) is 40.9. The molecule has 2 aromatic heterocycles. The summed E-state index contributed by atoms with van der Waals surface area (Å²) in [6.45, 7) is 23.3.